The molecule has 5 heteroatoms. The Labute approximate surface area is 159 Å². The number of hydrogen-bond acceptors (Lipinski definition) is 3. The molecule has 1 N–H and O–H groups in total. The molecule has 0 saturated heterocycles. The normalized spacial score (nSPS) is 18.1. The molecule has 27 heavy (non-hydrogen) atoms. The average Bonchev–Trinajstić information content (AvgIpc) is 2.88. The maximum atomic E-state index is 11.9. The van der Waals surface area contributed by atoms with E-state index in [0.717, 1.165) is 16.7 Å². The van der Waals surface area contributed by atoms with Crippen molar-refractivity contribution < 1.29 is 12.6 Å². The summed E-state index contributed by atoms with van der Waals surface area (Å²) in [7, 11) is -3.75. The third-order valence-corrected chi connectivity index (χ3v) is 6.51. The minimum atomic E-state index is -3.75. The molecule has 0 bridgehead atoms. The molecule has 0 aromatic heterocycles. The quantitative estimate of drug-likeness (QED) is 0.684. The largest absolute Gasteiger partial charge is 0.382 e. The Morgan fingerprint density at radius 1 is 0.889 bits per heavy atom. The van der Waals surface area contributed by atoms with Crippen LogP contribution >= 0.6 is 0 Å². The summed E-state index contributed by atoms with van der Waals surface area (Å²) in [4.78, 5) is 0. The minimum absolute atomic E-state index is 0.106. The van der Waals surface area contributed by atoms with Gasteiger partial charge in [0.2, 0.25) is 0 Å². The van der Waals surface area contributed by atoms with Gasteiger partial charge in [-0.3, -0.25) is 0 Å². The Morgan fingerprint density at radius 2 is 1.63 bits per heavy atom. The monoisotopic (exact) mass is 377 g/mol. The van der Waals surface area contributed by atoms with Gasteiger partial charge in [0.15, 0.2) is 5.75 Å². The van der Waals surface area contributed by atoms with E-state index in [9.17, 15) is 8.42 Å². The van der Waals surface area contributed by atoms with Crippen molar-refractivity contribution in [2.75, 3.05) is 0 Å². The van der Waals surface area contributed by atoms with Gasteiger partial charge < -0.3 is 4.18 Å². The summed E-state index contributed by atoms with van der Waals surface area (Å²) < 4.78 is 31.5. The minimum Gasteiger partial charge on any atom is -0.370 e. The van der Waals surface area contributed by atoms with Crippen LogP contribution in [0, 0.1) is 0 Å². The molecule has 5 rings (SSSR count). The van der Waals surface area contributed by atoms with Gasteiger partial charge in [0.05, 0.1) is 0 Å². The molecule has 0 radical (unpaired) electrons. The highest BCUT2D eigenvalue weighted by Gasteiger charge is 2.35. The lowest BCUT2D eigenvalue weighted by molar-refractivity contribution is 0.454. The Bertz CT molecular complexity index is 1200. The highest BCUT2D eigenvalue weighted by atomic mass is 32.2. The molecule has 1 aliphatic carbocycles. The van der Waals surface area contributed by atoms with E-state index in [-0.39, 0.29) is 12.0 Å². The van der Waals surface area contributed by atoms with Gasteiger partial charge in [-0.2, -0.15) is 13.1 Å². The second kappa shape index (κ2) is 5.44. The van der Waals surface area contributed by atoms with Crippen molar-refractivity contribution in [1.82, 2.24) is 4.72 Å². The SMILES string of the molecule is CC1(C)c2ccccc2-c2ccc(-c3cccc4c3OS(=O)(=O)NC4)cc21. The molecule has 3 aromatic rings. The lowest BCUT2D eigenvalue weighted by Gasteiger charge is -2.23. The summed E-state index contributed by atoms with van der Waals surface area (Å²) in [5.41, 5.74) is 7.55. The summed E-state index contributed by atoms with van der Waals surface area (Å²) in [6.07, 6.45) is 0. The van der Waals surface area contributed by atoms with Crippen LogP contribution in [0.25, 0.3) is 22.3 Å². The average molecular weight is 377 g/mol. The summed E-state index contributed by atoms with van der Waals surface area (Å²) in [6.45, 7) is 4.70. The van der Waals surface area contributed by atoms with Crippen LogP contribution in [0.1, 0.15) is 30.5 Å². The van der Waals surface area contributed by atoms with E-state index in [0.29, 0.717) is 5.75 Å². The van der Waals surface area contributed by atoms with Crippen LogP contribution in [-0.4, -0.2) is 8.42 Å². The summed E-state index contributed by atoms with van der Waals surface area (Å²) in [5, 5.41) is 0. The number of rotatable bonds is 1. The maximum Gasteiger partial charge on any atom is 0.382 e. The molecule has 0 unspecified atom stereocenters. The van der Waals surface area contributed by atoms with E-state index < -0.39 is 10.3 Å². The van der Waals surface area contributed by atoms with Gasteiger partial charge in [-0.05, 0) is 33.9 Å². The van der Waals surface area contributed by atoms with Gasteiger partial charge in [0.25, 0.3) is 0 Å². The maximum absolute atomic E-state index is 11.9. The van der Waals surface area contributed by atoms with E-state index >= 15 is 0 Å². The van der Waals surface area contributed by atoms with Gasteiger partial charge in [0.1, 0.15) is 0 Å². The molecule has 0 spiro atoms. The zero-order valence-electron chi connectivity index (χ0n) is 15.1. The number of hydrogen-bond donors (Lipinski definition) is 1. The first kappa shape index (κ1) is 16.5. The molecular weight excluding hydrogens is 358 g/mol. The fraction of sp³-hybridized carbons (Fsp3) is 0.182. The van der Waals surface area contributed by atoms with Crippen LogP contribution in [0.5, 0.6) is 5.75 Å². The molecule has 1 aliphatic heterocycles. The van der Waals surface area contributed by atoms with E-state index in [1.165, 1.54) is 22.3 Å². The molecule has 2 aliphatic rings. The summed E-state index contributed by atoms with van der Waals surface area (Å²) in [5.74, 6) is 0.421. The Balaban J connectivity index is 1.70. The van der Waals surface area contributed by atoms with E-state index in [4.69, 9.17) is 4.18 Å². The van der Waals surface area contributed by atoms with Crippen LogP contribution in [0.3, 0.4) is 0 Å². The van der Waals surface area contributed by atoms with Crippen LogP contribution in [0.4, 0.5) is 0 Å². The highest BCUT2D eigenvalue weighted by molar-refractivity contribution is 7.85. The lowest BCUT2D eigenvalue weighted by Crippen LogP contribution is -2.32. The Hall–Kier alpha value is -2.63. The molecule has 3 aromatic carbocycles. The van der Waals surface area contributed by atoms with Gasteiger partial charge in [-0.25, -0.2) is 0 Å². The lowest BCUT2D eigenvalue weighted by atomic mass is 9.81. The fourth-order valence-electron chi connectivity index (χ4n) is 4.23. The van der Waals surface area contributed by atoms with Gasteiger partial charge >= 0.3 is 10.3 Å². The third kappa shape index (κ3) is 2.42. The first-order chi connectivity index (χ1) is 12.9. The van der Waals surface area contributed by atoms with Crippen LogP contribution < -0.4 is 8.91 Å². The van der Waals surface area contributed by atoms with Gasteiger partial charge in [-0.1, -0.05) is 68.4 Å². The number of fused-ring (bicyclic) bond motifs is 4. The van der Waals surface area contributed by atoms with Crippen molar-refractivity contribution in [3.05, 3.63) is 77.4 Å². The Kier molecular flexibility index (Phi) is 3.33. The van der Waals surface area contributed by atoms with Crippen LogP contribution in [-0.2, 0) is 22.3 Å². The molecular formula is C22H19NO3S. The van der Waals surface area contributed by atoms with Crippen LogP contribution in [0.2, 0.25) is 0 Å². The van der Waals surface area contributed by atoms with E-state index in [2.05, 4.69) is 55.0 Å². The Morgan fingerprint density at radius 3 is 2.48 bits per heavy atom. The molecule has 136 valence electrons. The van der Waals surface area contributed by atoms with Gasteiger partial charge in [0, 0.05) is 23.1 Å². The van der Waals surface area contributed by atoms with Crippen molar-refractivity contribution >= 4 is 10.3 Å². The molecule has 0 amide bonds. The van der Waals surface area contributed by atoms with Crippen molar-refractivity contribution in [3.8, 4) is 28.0 Å². The first-order valence-electron chi connectivity index (χ1n) is 8.92. The van der Waals surface area contributed by atoms with E-state index in [1.54, 1.807) is 0 Å². The number of para-hydroxylation sites is 1. The predicted molar refractivity (Wildman–Crippen MR) is 106 cm³/mol. The van der Waals surface area contributed by atoms with Gasteiger partial charge in [-0.15, -0.1) is 0 Å². The molecule has 0 fully saturated rings. The predicted octanol–water partition coefficient (Wildman–Crippen LogP) is 4.39. The first-order valence-corrected chi connectivity index (χ1v) is 10.3. The third-order valence-electron chi connectivity index (χ3n) is 5.62. The van der Waals surface area contributed by atoms with E-state index in [1.807, 2.05) is 24.3 Å². The second-order valence-electron chi connectivity index (χ2n) is 7.58. The summed E-state index contributed by atoms with van der Waals surface area (Å²) >= 11 is 0. The fourth-order valence-corrected chi connectivity index (χ4v) is 5.03. The topological polar surface area (TPSA) is 55.4 Å². The smallest absolute Gasteiger partial charge is 0.370 e. The zero-order valence-corrected chi connectivity index (χ0v) is 15.9. The number of nitrogens with one attached hydrogen (secondary N) is 1. The standard InChI is InChI=1S/C22H19NO3S/c1-22(2)19-9-4-3-7-17(19)18-11-10-14(12-20(18)22)16-8-5-6-15-13-23-27(24,25)26-21(15)16/h3-12,23H,13H2,1-2H3. The number of benzene rings is 3. The molecule has 0 saturated carbocycles. The highest BCUT2D eigenvalue weighted by Crippen LogP contribution is 2.50. The van der Waals surface area contributed by atoms with Crippen LogP contribution in [0.15, 0.2) is 60.7 Å². The summed E-state index contributed by atoms with van der Waals surface area (Å²) in [6, 6.07) is 20.6. The second-order valence-corrected chi connectivity index (χ2v) is 8.95. The van der Waals surface area contributed by atoms with Crippen molar-refractivity contribution in [1.29, 1.82) is 0 Å². The molecule has 1 heterocycles. The molecule has 4 nitrogen and oxygen atoms in total. The van der Waals surface area contributed by atoms with Crippen molar-refractivity contribution in [2.24, 2.45) is 0 Å². The van der Waals surface area contributed by atoms with Crippen molar-refractivity contribution in [3.63, 3.8) is 0 Å². The zero-order chi connectivity index (χ0) is 18.8. The van der Waals surface area contributed by atoms with Crippen molar-refractivity contribution in [2.45, 2.75) is 25.8 Å². The molecule has 0 atom stereocenters.